The number of aryl methyl sites for hydroxylation is 1. The summed E-state index contributed by atoms with van der Waals surface area (Å²) in [4.78, 5) is 48.7. The number of ether oxygens (including phenoxy) is 1. The number of hydrogen-bond acceptors (Lipinski definition) is 14. The van der Waals surface area contributed by atoms with E-state index in [4.69, 9.17) is 18.9 Å². The van der Waals surface area contributed by atoms with Crippen molar-refractivity contribution in [2.75, 3.05) is 46.4 Å². The molecule has 1 saturated heterocycles. The molecule has 3 unspecified atom stereocenters. The Hall–Kier alpha value is -4.40. The fraction of sp³-hybridized carbons (Fsp3) is 0.535. The molecular weight excluding hydrogens is 777 g/mol. The molecule has 0 aliphatic carbocycles. The second-order valence-corrected chi connectivity index (χ2v) is 16.8. The van der Waals surface area contributed by atoms with Crippen molar-refractivity contribution in [2.24, 2.45) is 15.9 Å². The third-order valence-corrected chi connectivity index (χ3v) is 13.0. The van der Waals surface area contributed by atoms with Crippen molar-refractivity contribution in [3.8, 4) is 5.75 Å². The molecule has 17 heteroatoms. The van der Waals surface area contributed by atoms with Crippen molar-refractivity contribution in [1.82, 2.24) is 10.6 Å². The number of rotatable bonds is 18. The minimum atomic E-state index is -2.37. The van der Waals surface area contributed by atoms with E-state index in [1.54, 1.807) is 31.5 Å². The van der Waals surface area contributed by atoms with Gasteiger partial charge in [-0.3, -0.25) is 29.4 Å². The Morgan fingerprint density at radius 1 is 1.12 bits per heavy atom. The predicted molar refractivity (Wildman–Crippen MR) is 219 cm³/mol. The lowest BCUT2D eigenvalue weighted by Crippen LogP contribution is -3.11. The molecule has 0 saturated carbocycles. The zero-order chi connectivity index (χ0) is 42.3. The highest BCUT2D eigenvalue weighted by Gasteiger charge is 2.53. The second kappa shape index (κ2) is 17.2. The number of nitrogens with zero attached hydrogens (tertiary/aromatic N) is 2. The fourth-order valence-corrected chi connectivity index (χ4v) is 9.66. The molecule has 1 fully saturated rings. The Morgan fingerprint density at radius 3 is 2.67 bits per heavy atom. The molecule has 7 heterocycles. The van der Waals surface area contributed by atoms with Crippen LogP contribution in [0.3, 0.4) is 0 Å². The van der Waals surface area contributed by atoms with Gasteiger partial charge in [-0.2, -0.15) is 0 Å². The summed E-state index contributed by atoms with van der Waals surface area (Å²) in [5, 5.41) is 61.6. The molecule has 1 amide bonds. The predicted octanol–water partition coefficient (Wildman–Crippen LogP) is -1.66. The van der Waals surface area contributed by atoms with E-state index >= 15 is 0 Å². The number of aliphatic hydroxyl groups excluding tert-OH is 4. The zero-order valence-electron chi connectivity index (χ0n) is 34.1. The lowest BCUT2D eigenvalue weighted by Gasteiger charge is -2.45. The topological polar surface area (TPSA) is 234 Å². The summed E-state index contributed by atoms with van der Waals surface area (Å²) in [6, 6.07) is 3.21. The molecule has 0 bridgehead atoms. The summed E-state index contributed by atoms with van der Waals surface area (Å²) in [5.41, 5.74) is 1.55. The first-order chi connectivity index (χ1) is 28.9. The lowest BCUT2D eigenvalue weighted by atomic mass is 9.79. The molecule has 6 aliphatic rings. The zero-order valence-corrected chi connectivity index (χ0v) is 34.1. The van der Waals surface area contributed by atoms with E-state index in [2.05, 4.69) is 27.5 Å². The second-order valence-electron chi connectivity index (χ2n) is 16.8. The van der Waals surface area contributed by atoms with Crippen LogP contribution in [0.2, 0.25) is 0 Å². The van der Waals surface area contributed by atoms with Gasteiger partial charge in [0.25, 0.3) is 0 Å². The molecule has 1 aromatic carbocycles. The summed E-state index contributed by atoms with van der Waals surface area (Å²) in [7, 11) is 1.84. The summed E-state index contributed by atoms with van der Waals surface area (Å²) in [6.45, 7) is 3.57. The number of hydrogen-bond donors (Lipinski definition) is 9. The van der Waals surface area contributed by atoms with Gasteiger partial charge in [0.05, 0.1) is 12.0 Å². The van der Waals surface area contributed by atoms with Crippen molar-refractivity contribution >= 4 is 35.0 Å². The maximum atomic E-state index is 13.7. The first-order valence-electron chi connectivity index (χ1n) is 20.9. The third kappa shape index (κ3) is 7.72. The van der Waals surface area contributed by atoms with E-state index in [1.807, 2.05) is 25.4 Å². The highest BCUT2D eigenvalue weighted by molar-refractivity contribution is 5.90. The van der Waals surface area contributed by atoms with Crippen LogP contribution in [-0.2, 0) is 21.0 Å². The maximum absolute atomic E-state index is 13.7. The number of fused-ring (bicyclic) bond motifs is 4. The Labute approximate surface area is 347 Å². The molecule has 60 heavy (non-hydrogen) atoms. The highest BCUT2D eigenvalue weighted by Crippen LogP contribution is 2.47. The van der Waals surface area contributed by atoms with Gasteiger partial charge in [0.1, 0.15) is 79.1 Å². The SMILES string of the molecule is CCC1C2=CC=NC2=C[NH+]1c1c2c(cc3c(=O)cc(C)oc13)C[C@@H](OOC[C@H](O)[C@](O)(C[NH+]1CC=C3N=CC=C31)[C@H](O)[C@H](O)CO)[C@@](CCNC)(CC[C@@H]1CNC(=O)C1)O2. The Balaban J connectivity index is 1.15. The van der Waals surface area contributed by atoms with Gasteiger partial charge in [0, 0.05) is 74.0 Å². The number of quaternary nitrogens is 2. The molecule has 17 nitrogen and oxygen atoms in total. The normalized spacial score (nSPS) is 28.9. The van der Waals surface area contributed by atoms with Gasteiger partial charge in [0.2, 0.25) is 17.2 Å². The Bertz CT molecular complexity index is 2250. The summed E-state index contributed by atoms with van der Waals surface area (Å²) in [6.07, 6.45) is 7.61. The molecular formula is C43H56N6O11+2. The van der Waals surface area contributed by atoms with Crippen LogP contribution < -0.4 is 30.6 Å². The van der Waals surface area contributed by atoms with Crippen LogP contribution in [0.15, 0.2) is 78.4 Å². The highest BCUT2D eigenvalue weighted by atomic mass is 17.2. The van der Waals surface area contributed by atoms with Crippen LogP contribution in [0.5, 0.6) is 5.75 Å². The molecule has 8 rings (SSSR count). The molecule has 6 aliphatic heterocycles. The molecule has 9 N–H and O–H groups in total. The van der Waals surface area contributed by atoms with E-state index in [0.29, 0.717) is 83.9 Å². The van der Waals surface area contributed by atoms with Gasteiger partial charge in [0.15, 0.2) is 22.5 Å². The van der Waals surface area contributed by atoms with Crippen LogP contribution >= 0.6 is 0 Å². The minimum absolute atomic E-state index is 0.0113. The van der Waals surface area contributed by atoms with Crippen molar-refractivity contribution < 1.29 is 59.1 Å². The molecule has 1 aromatic heterocycles. The summed E-state index contributed by atoms with van der Waals surface area (Å²) >= 11 is 0. The summed E-state index contributed by atoms with van der Waals surface area (Å²) in [5.74, 6) is 1.06. The fourth-order valence-electron chi connectivity index (χ4n) is 9.66. The van der Waals surface area contributed by atoms with Gasteiger partial charge in [-0.05, 0) is 51.4 Å². The van der Waals surface area contributed by atoms with Crippen LogP contribution in [0.4, 0.5) is 5.69 Å². The molecule has 0 spiro atoms. The number of carbonyl (C=O) groups is 1. The monoisotopic (exact) mass is 832 g/mol. The average molecular weight is 833 g/mol. The number of aliphatic hydroxyl groups is 5. The molecule has 322 valence electrons. The van der Waals surface area contributed by atoms with Crippen molar-refractivity contribution in [3.63, 3.8) is 0 Å². The van der Waals surface area contributed by atoms with Gasteiger partial charge >= 0.3 is 0 Å². The number of nitrogens with one attached hydrogen (secondary N) is 4. The first-order valence-corrected chi connectivity index (χ1v) is 20.9. The Kier molecular flexibility index (Phi) is 12.1. The van der Waals surface area contributed by atoms with Gasteiger partial charge in [-0.1, -0.05) is 6.92 Å². The molecule has 0 radical (unpaired) electrons. The van der Waals surface area contributed by atoms with E-state index in [-0.39, 0.29) is 36.3 Å². The molecule has 2 aromatic rings. The van der Waals surface area contributed by atoms with Crippen LogP contribution in [0, 0.1) is 12.8 Å². The number of aliphatic imine (C=N–C) groups is 2. The lowest BCUT2D eigenvalue weighted by molar-refractivity contribution is -0.856. The Morgan fingerprint density at radius 2 is 1.92 bits per heavy atom. The maximum Gasteiger partial charge on any atom is 0.222 e. The number of benzene rings is 1. The van der Waals surface area contributed by atoms with Crippen molar-refractivity contribution in [3.05, 3.63) is 80.8 Å². The number of amides is 1. The van der Waals surface area contributed by atoms with Crippen LogP contribution in [0.25, 0.3) is 11.0 Å². The van der Waals surface area contributed by atoms with E-state index in [1.165, 1.54) is 6.07 Å². The largest absolute Gasteiger partial charge is 0.478 e. The minimum Gasteiger partial charge on any atom is -0.478 e. The third-order valence-electron chi connectivity index (χ3n) is 13.0. The molecule has 10 atom stereocenters. The van der Waals surface area contributed by atoms with Gasteiger partial charge < -0.3 is 45.3 Å². The van der Waals surface area contributed by atoms with Gasteiger partial charge in [-0.25, -0.2) is 9.78 Å². The van der Waals surface area contributed by atoms with E-state index in [0.717, 1.165) is 34.0 Å². The summed E-state index contributed by atoms with van der Waals surface area (Å²) < 4.78 is 13.8. The average Bonchev–Trinajstić information content (AvgIpc) is 4.08. The van der Waals surface area contributed by atoms with E-state index < -0.39 is 48.8 Å². The van der Waals surface area contributed by atoms with Crippen molar-refractivity contribution in [2.45, 2.75) is 94.0 Å². The van der Waals surface area contributed by atoms with Crippen LogP contribution in [-0.4, -0.2) is 132 Å². The number of allylic oxidation sites excluding steroid dienone is 2. The quantitative estimate of drug-likeness (QED) is 0.0607. The van der Waals surface area contributed by atoms with Crippen molar-refractivity contribution in [1.29, 1.82) is 0 Å². The smallest absolute Gasteiger partial charge is 0.222 e. The number of carbonyl (C=O) groups excluding carboxylic acids is 1. The van der Waals surface area contributed by atoms with Crippen LogP contribution in [0.1, 0.15) is 50.4 Å². The van der Waals surface area contributed by atoms with Gasteiger partial charge in [-0.15, -0.1) is 0 Å². The standard InChI is InChI=1S/C43H54N6O11/c1-4-31-27-6-11-46-30(27)20-49(31)38-39-26(17-28-33(51)15-24(2)58-40(28)38)18-36(42(59-39,10-13-44-3)9-5-25-16-37(54)47-19-25)60-57-22-35(53)43(56,41(55)34(52)21-50)23-48-14-8-29-32(48)7-12-45-29/h6-8,11-12,15,17,20,25,31,34-36,41,44,50,52-53,55-56H,4-5,9-10,13-14,16,18-19,21-23H2,1-3H3,(H,47,54)/p+2/t25-,31?,34+,35-,36+,41+,42-,43+/m0/s1. The van der Waals surface area contributed by atoms with E-state index in [9.17, 15) is 35.1 Å². The first kappa shape index (κ1) is 42.3.